The fourth-order valence-corrected chi connectivity index (χ4v) is 3.01. The molecular formula is C15H23FN2O. The molecule has 4 heteroatoms. The lowest BCUT2D eigenvalue weighted by Gasteiger charge is -2.21. The predicted molar refractivity (Wildman–Crippen MR) is 74.9 cm³/mol. The van der Waals surface area contributed by atoms with E-state index in [4.69, 9.17) is 10.5 Å². The fraction of sp³-hybridized carbons (Fsp3) is 0.600. The second kappa shape index (κ2) is 5.88. The van der Waals surface area contributed by atoms with Gasteiger partial charge >= 0.3 is 0 Å². The zero-order valence-electron chi connectivity index (χ0n) is 11.9. The molecule has 1 aromatic carbocycles. The summed E-state index contributed by atoms with van der Waals surface area (Å²) >= 11 is 0. The van der Waals surface area contributed by atoms with Crippen LogP contribution in [0.2, 0.25) is 0 Å². The highest BCUT2D eigenvalue weighted by Gasteiger charge is 2.30. The Morgan fingerprint density at radius 2 is 2.21 bits per heavy atom. The maximum Gasteiger partial charge on any atom is 0.130 e. The first kappa shape index (κ1) is 14.3. The average molecular weight is 266 g/mol. The van der Waals surface area contributed by atoms with Crippen LogP contribution in [0.1, 0.15) is 30.5 Å². The molecule has 0 aliphatic carbocycles. The van der Waals surface area contributed by atoms with Gasteiger partial charge in [-0.2, -0.15) is 0 Å². The minimum absolute atomic E-state index is 0.165. The van der Waals surface area contributed by atoms with Gasteiger partial charge in [-0.15, -0.1) is 0 Å². The maximum absolute atomic E-state index is 14.1. The zero-order valence-corrected chi connectivity index (χ0v) is 11.9. The van der Waals surface area contributed by atoms with Crippen molar-refractivity contribution in [1.29, 1.82) is 0 Å². The van der Waals surface area contributed by atoms with Gasteiger partial charge in [0.05, 0.1) is 7.11 Å². The lowest BCUT2D eigenvalue weighted by Crippen LogP contribution is -2.20. The Bertz CT molecular complexity index is 450. The van der Waals surface area contributed by atoms with Crippen molar-refractivity contribution in [2.24, 2.45) is 11.7 Å². The molecule has 2 rings (SSSR count). The van der Waals surface area contributed by atoms with E-state index >= 15 is 0 Å². The molecule has 1 aromatic rings. The lowest BCUT2D eigenvalue weighted by molar-refractivity contribution is 0.311. The zero-order chi connectivity index (χ0) is 14.0. The molecule has 2 atom stereocenters. The number of nitrogens with zero attached hydrogens (tertiary/aromatic N) is 1. The van der Waals surface area contributed by atoms with E-state index in [0.29, 0.717) is 30.2 Å². The summed E-state index contributed by atoms with van der Waals surface area (Å²) in [5, 5.41) is 0. The third-order valence-electron chi connectivity index (χ3n) is 4.10. The number of methoxy groups -OCH3 is 1. The smallest absolute Gasteiger partial charge is 0.130 e. The van der Waals surface area contributed by atoms with E-state index in [1.807, 2.05) is 13.0 Å². The van der Waals surface area contributed by atoms with Crippen LogP contribution in [0.25, 0.3) is 0 Å². The first-order valence-corrected chi connectivity index (χ1v) is 6.87. The second-order valence-electron chi connectivity index (χ2n) is 5.33. The Kier molecular flexibility index (Phi) is 4.42. The molecular weight excluding hydrogens is 243 g/mol. The number of hydrogen-bond acceptors (Lipinski definition) is 3. The molecule has 1 aliphatic rings. The van der Waals surface area contributed by atoms with Crippen molar-refractivity contribution in [2.45, 2.75) is 25.8 Å². The Morgan fingerprint density at radius 3 is 2.74 bits per heavy atom. The van der Waals surface area contributed by atoms with Crippen molar-refractivity contribution in [3.8, 4) is 5.75 Å². The number of ether oxygens (including phenoxy) is 1. The van der Waals surface area contributed by atoms with Gasteiger partial charge in [0.15, 0.2) is 0 Å². The summed E-state index contributed by atoms with van der Waals surface area (Å²) in [5.41, 5.74) is 7.39. The summed E-state index contributed by atoms with van der Waals surface area (Å²) in [6.45, 7) is 3.60. The van der Waals surface area contributed by atoms with Crippen molar-refractivity contribution >= 4 is 0 Å². The summed E-state index contributed by atoms with van der Waals surface area (Å²) < 4.78 is 19.5. The van der Waals surface area contributed by atoms with Crippen LogP contribution in [0.5, 0.6) is 5.75 Å². The van der Waals surface area contributed by atoms with Gasteiger partial charge < -0.3 is 10.5 Å². The number of likely N-dealkylation sites (tertiary alicyclic amines) is 1. The van der Waals surface area contributed by atoms with E-state index in [9.17, 15) is 4.39 Å². The normalized spacial score (nSPS) is 23.8. The molecule has 3 nitrogen and oxygen atoms in total. The van der Waals surface area contributed by atoms with E-state index in [1.54, 1.807) is 13.2 Å². The van der Waals surface area contributed by atoms with Gasteiger partial charge in [0.25, 0.3) is 0 Å². The van der Waals surface area contributed by atoms with Crippen LogP contribution < -0.4 is 10.5 Å². The van der Waals surface area contributed by atoms with Crippen LogP contribution in [0.3, 0.4) is 0 Å². The van der Waals surface area contributed by atoms with E-state index in [-0.39, 0.29) is 11.9 Å². The second-order valence-corrected chi connectivity index (χ2v) is 5.33. The molecule has 1 fully saturated rings. The molecule has 0 saturated carbocycles. The van der Waals surface area contributed by atoms with Crippen molar-refractivity contribution < 1.29 is 9.13 Å². The molecule has 19 heavy (non-hydrogen) atoms. The van der Waals surface area contributed by atoms with Gasteiger partial charge in [-0.05, 0) is 50.0 Å². The van der Waals surface area contributed by atoms with Gasteiger partial charge in [-0.25, -0.2) is 4.39 Å². The maximum atomic E-state index is 14.1. The molecule has 0 bridgehead atoms. The molecule has 1 saturated heterocycles. The van der Waals surface area contributed by atoms with E-state index in [2.05, 4.69) is 11.9 Å². The van der Waals surface area contributed by atoms with Crippen LogP contribution >= 0.6 is 0 Å². The van der Waals surface area contributed by atoms with Gasteiger partial charge in [0.2, 0.25) is 0 Å². The summed E-state index contributed by atoms with van der Waals surface area (Å²) in [5.74, 6) is 0.985. The number of benzene rings is 1. The number of rotatable bonds is 4. The van der Waals surface area contributed by atoms with Crippen molar-refractivity contribution in [1.82, 2.24) is 4.90 Å². The van der Waals surface area contributed by atoms with Crippen LogP contribution in [-0.2, 0) is 6.42 Å². The molecule has 0 aromatic heterocycles. The lowest BCUT2D eigenvalue weighted by atomic mass is 9.97. The highest BCUT2D eigenvalue weighted by atomic mass is 19.1. The van der Waals surface area contributed by atoms with E-state index in [1.165, 1.54) is 0 Å². The largest absolute Gasteiger partial charge is 0.496 e. The highest BCUT2D eigenvalue weighted by molar-refractivity contribution is 5.40. The van der Waals surface area contributed by atoms with Crippen molar-refractivity contribution in [3.63, 3.8) is 0 Å². The van der Waals surface area contributed by atoms with Gasteiger partial charge in [0, 0.05) is 18.2 Å². The number of halogens is 1. The Hall–Kier alpha value is -1.13. The van der Waals surface area contributed by atoms with Gasteiger partial charge in [-0.1, -0.05) is 6.92 Å². The average Bonchev–Trinajstić information content (AvgIpc) is 2.79. The molecule has 2 unspecified atom stereocenters. The van der Waals surface area contributed by atoms with E-state index in [0.717, 1.165) is 18.5 Å². The Labute approximate surface area is 114 Å². The van der Waals surface area contributed by atoms with Crippen LogP contribution in [0.4, 0.5) is 4.39 Å². The minimum atomic E-state index is -0.165. The Balaban J connectivity index is 2.33. The summed E-state index contributed by atoms with van der Waals surface area (Å²) in [6.07, 6.45) is 1.63. The summed E-state index contributed by atoms with van der Waals surface area (Å²) in [4.78, 5) is 2.25. The first-order valence-electron chi connectivity index (χ1n) is 6.87. The molecule has 1 aliphatic heterocycles. The number of hydrogen-bond donors (Lipinski definition) is 1. The third kappa shape index (κ3) is 2.74. The topological polar surface area (TPSA) is 38.5 Å². The molecule has 106 valence electrons. The number of nitrogens with two attached hydrogens (primary N) is 1. The first-order chi connectivity index (χ1) is 9.10. The molecule has 0 radical (unpaired) electrons. The third-order valence-corrected chi connectivity index (χ3v) is 4.10. The quantitative estimate of drug-likeness (QED) is 0.909. The van der Waals surface area contributed by atoms with E-state index < -0.39 is 0 Å². The minimum Gasteiger partial charge on any atom is -0.496 e. The van der Waals surface area contributed by atoms with Crippen molar-refractivity contribution in [2.75, 3.05) is 27.2 Å². The molecule has 0 amide bonds. The molecule has 2 N–H and O–H groups in total. The Morgan fingerprint density at radius 1 is 1.47 bits per heavy atom. The SMILES string of the molecule is CCc1c(F)cc(C2CC(CN)CN2C)cc1OC. The van der Waals surface area contributed by atoms with Gasteiger partial charge in [-0.3, -0.25) is 4.90 Å². The predicted octanol–water partition coefficient (Wildman–Crippen LogP) is 2.35. The summed E-state index contributed by atoms with van der Waals surface area (Å²) in [6, 6.07) is 3.87. The monoisotopic (exact) mass is 266 g/mol. The molecule has 0 spiro atoms. The van der Waals surface area contributed by atoms with Crippen LogP contribution in [-0.4, -0.2) is 32.1 Å². The standard InChI is InChI=1S/C15H23FN2O/c1-4-12-13(16)6-11(7-15(12)19-3)14-5-10(8-17)9-18(14)2/h6-7,10,14H,4-5,8-9,17H2,1-3H3. The fourth-order valence-electron chi connectivity index (χ4n) is 3.01. The van der Waals surface area contributed by atoms with Crippen LogP contribution in [0, 0.1) is 11.7 Å². The van der Waals surface area contributed by atoms with Crippen molar-refractivity contribution in [3.05, 3.63) is 29.1 Å². The summed E-state index contributed by atoms with van der Waals surface area (Å²) in [7, 11) is 3.66. The van der Waals surface area contributed by atoms with Crippen LogP contribution in [0.15, 0.2) is 12.1 Å². The molecule has 1 heterocycles. The highest BCUT2D eigenvalue weighted by Crippen LogP contribution is 2.36. The van der Waals surface area contributed by atoms with Gasteiger partial charge in [0.1, 0.15) is 11.6 Å².